The summed E-state index contributed by atoms with van der Waals surface area (Å²) in [6.45, 7) is 4.71. The summed E-state index contributed by atoms with van der Waals surface area (Å²) >= 11 is 0. The zero-order valence-electron chi connectivity index (χ0n) is 26.9. The molecule has 1 heteroatoms. The quantitative estimate of drug-likeness (QED) is 0.185. The molecule has 1 nitrogen and oxygen atoms in total. The molecule has 2 aliphatic carbocycles. The molecular weight excluding hydrogens is 555 g/mol. The van der Waals surface area contributed by atoms with Crippen molar-refractivity contribution >= 4 is 17.1 Å². The first-order valence-electron chi connectivity index (χ1n) is 17.0. The Hall–Kier alpha value is -4.88. The molecule has 0 aliphatic heterocycles. The highest BCUT2D eigenvalue weighted by Gasteiger charge is 2.35. The van der Waals surface area contributed by atoms with Gasteiger partial charge in [-0.1, -0.05) is 142 Å². The van der Waals surface area contributed by atoms with Crippen LogP contribution in [0.15, 0.2) is 146 Å². The summed E-state index contributed by atoms with van der Waals surface area (Å²) in [7, 11) is 0. The number of benzene rings is 6. The summed E-state index contributed by atoms with van der Waals surface area (Å²) < 4.78 is 0. The Kier molecular flexibility index (Phi) is 7.34. The highest BCUT2D eigenvalue weighted by molar-refractivity contribution is 5.86. The Labute approximate surface area is 274 Å². The molecule has 0 heterocycles. The molecule has 0 spiro atoms. The summed E-state index contributed by atoms with van der Waals surface area (Å²) in [5.41, 5.74) is 15.4. The highest BCUT2D eigenvalue weighted by atomic mass is 15.1. The lowest BCUT2D eigenvalue weighted by molar-refractivity contribution is 0.443. The Morgan fingerprint density at radius 3 is 1.59 bits per heavy atom. The fourth-order valence-corrected chi connectivity index (χ4v) is 7.90. The maximum absolute atomic E-state index is 2.42. The predicted octanol–water partition coefficient (Wildman–Crippen LogP) is 12.8. The highest BCUT2D eigenvalue weighted by Crippen LogP contribution is 2.50. The van der Waals surface area contributed by atoms with E-state index in [1.54, 1.807) is 0 Å². The van der Waals surface area contributed by atoms with Gasteiger partial charge in [0.05, 0.1) is 0 Å². The van der Waals surface area contributed by atoms with Gasteiger partial charge >= 0.3 is 0 Å². The molecule has 2 aliphatic rings. The monoisotopic (exact) mass is 595 g/mol. The Morgan fingerprint density at radius 1 is 0.457 bits per heavy atom. The van der Waals surface area contributed by atoms with E-state index in [9.17, 15) is 0 Å². The van der Waals surface area contributed by atoms with E-state index in [0.29, 0.717) is 0 Å². The van der Waals surface area contributed by atoms with E-state index in [1.807, 2.05) is 0 Å². The number of hydrogen-bond acceptors (Lipinski definition) is 1. The van der Waals surface area contributed by atoms with E-state index in [4.69, 9.17) is 0 Å². The first-order valence-corrected chi connectivity index (χ1v) is 17.0. The molecule has 0 unspecified atom stereocenters. The standard InChI is InChI=1S/C45H41N/c1-45(2)43-16-10-9-15-41(43)42-30-29-40(31-44(42)45)46(38-25-21-36(22-26-38)33-13-7-4-8-14-33)39-27-23-37(24-28-39)35-19-17-34(18-20-35)32-11-5-3-6-12-32/h4,7-10,13-32H,3,5-6,11-12H2,1-2H3. The van der Waals surface area contributed by atoms with Crippen molar-refractivity contribution in [2.75, 3.05) is 4.90 Å². The molecule has 226 valence electrons. The van der Waals surface area contributed by atoms with E-state index >= 15 is 0 Å². The normalized spacial score (nSPS) is 15.3. The summed E-state index contributed by atoms with van der Waals surface area (Å²) in [6, 6.07) is 54.0. The van der Waals surface area contributed by atoms with Crippen molar-refractivity contribution in [2.24, 2.45) is 0 Å². The van der Waals surface area contributed by atoms with Gasteiger partial charge in [-0.15, -0.1) is 0 Å². The lowest BCUT2D eigenvalue weighted by atomic mass is 9.82. The number of fused-ring (bicyclic) bond motifs is 3. The average molecular weight is 596 g/mol. The van der Waals surface area contributed by atoms with Crippen LogP contribution >= 0.6 is 0 Å². The minimum absolute atomic E-state index is 0.0571. The second kappa shape index (κ2) is 11.8. The third kappa shape index (κ3) is 5.14. The minimum atomic E-state index is -0.0571. The number of hydrogen-bond donors (Lipinski definition) is 0. The molecule has 1 saturated carbocycles. The third-order valence-electron chi connectivity index (χ3n) is 10.5. The van der Waals surface area contributed by atoms with Gasteiger partial charge in [0.2, 0.25) is 0 Å². The molecule has 0 atom stereocenters. The van der Waals surface area contributed by atoms with Crippen molar-refractivity contribution in [3.63, 3.8) is 0 Å². The number of rotatable bonds is 6. The van der Waals surface area contributed by atoms with Gasteiger partial charge in [-0.2, -0.15) is 0 Å². The Morgan fingerprint density at radius 2 is 0.957 bits per heavy atom. The first-order chi connectivity index (χ1) is 22.6. The van der Waals surface area contributed by atoms with Crippen LogP contribution in [0.25, 0.3) is 33.4 Å². The van der Waals surface area contributed by atoms with Crippen LogP contribution in [-0.2, 0) is 5.41 Å². The fraction of sp³-hybridized carbons (Fsp3) is 0.200. The fourth-order valence-electron chi connectivity index (χ4n) is 7.90. The van der Waals surface area contributed by atoms with Gasteiger partial charge in [0.15, 0.2) is 0 Å². The van der Waals surface area contributed by atoms with Crippen LogP contribution < -0.4 is 4.90 Å². The summed E-state index contributed by atoms with van der Waals surface area (Å²) in [6.07, 6.45) is 6.80. The molecular formula is C45H41N. The lowest BCUT2D eigenvalue weighted by Crippen LogP contribution is -2.16. The van der Waals surface area contributed by atoms with Crippen molar-refractivity contribution in [1.29, 1.82) is 0 Å². The maximum atomic E-state index is 2.42. The van der Waals surface area contributed by atoms with E-state index < -0.39 is 0 Å². The van der Waals surface area contributed by atoms with Crippen molar-refractivity contribution in [3.05, 3.63) is 162 Å². The van der Waals surface area contributed by atoms with Gasteiger partial charge in [0.1, 0.15) is 0 Å². The van der Waals surface area contributed by atoms with Crippen LogP contribution in [0.5, 0.6) is 0 Å². The second-order valence-corrected chi connectivity index (χ2v) is 13.7. The summed E-state index contributed by atoms with van der Waals surface area (Å²) in [5, 5.41) is 0. The van der Waals surface area contributed by atoms with Gasteiger partial charge in [-0.3, -0.25) is 0 Å². The molecule has 6 aromatic carbocycles. The van der Waals surface area contributed by atoms with Crippen molar-refractivity contribution in [3.8, 4) is 33.4 Å². The SMILES string of the molecule is CC1(C)c2ccccc2-c2ccc(N(c3ccc(-c4ccccc4)cc3)c3ccc(-c4ccc(C5CCCCC5)cc4)cc3)cc21. The molecule has 0 aromatic heterocycles. The number of anilines is 3. The molecule has 0 N–H and O–H groups in total. The summed E-state index contributed by atoms with van der Waals surface area (Å²) in [4.78, 5) is 2.41. The van der Waals surface area contributed by atoms with E-state index in [0.717, 1.165) is 17.3 Å². The first kappa shape index (κ1) is 28.6. The van der Waals surface area contributed by atoms with Crippen LogP contribution in [0.2, 0.25) is 0 Å². The topological polar surface area (TPSA) is 3.24 Å². The van der Waals surface area contributed by atoms with E-state index in [1.165, 1.54) is 87.9 Å². The zero-order valence-corrected chi connectivity index (χ0v) is 26.9. The van der Waals surface area contributed by atoms with Crippen LogP contribution in [0, 0.1) is 0 Å². The Balaban J connectivity index is 1.16. The predicted molar refractivity (Wildman–Crippen MR) is 195 cm³/mol. The molecule has 8 rings (SSSR count). The van der Waals surface area contributed by atoms with Gasteiger partial charge in [-0.25, -0.2) is 0 Å². The smallest absolute Gasteiger partial charge is 0.0465 e. The van der Waals surface area contributed by atoms with Gasteiger partial charge in [0, 0.05) is 22.5 Å². The molecule has 0 saturated heterocycles. The lowest BCUT2D eigenvalue weighted by Gasteiger charge is -2.28. The van der Waals surface area contributed by atoms with Gasteiger partial charge in [0.25, 0.3) is 0 Å². The van der Waals surface area contributed by atoms with Crippen molar-refractivity contribution < 1.29 is 0 Å². The van der Waals surface area contributed by atoms with Crippen LogP contribution in [0.4, 0.5) is 17.1 Å². The molecule has 0 bridgehead atoms. The molecule has 1 fully saturated rings. The molecule has 0 amide bonds. The zero-order chi connectivity index (χ0) is 31.1. The van der Waals surface area contributed by atoms with Crippen molar-refractivity contribution in [2.45, 2.75) is 57.3 Å². The molecule has 0 radical (unpaired) electrons. The average Bonchev–Trinajstić information content (AvgIpc) is 3.35. The minimum Gasteiger partial charge on any atom is -0.310 e. The van der Waals surface area contributed by atoms with E-state index in [-0.39, 0.29) is 5.41 Å². The maximum Gasteiger partial charge on any atom is 0.0465 e. The molecule has 46 heavy (non-hydrogen) atoms. The largest absolute Gasteiger partial charge is 0.310 e. The van der Waals surface area contributed by atoms with E-state index in [2.05, 4.69) is 164 Å². The van der Waals surface area contributed by atoms with Crippen LogP contribution in [-0.4, -0.2) is 0 Å². The Bertz CT molecular complexity index is 1960. The van der Waals surface area contributed by atoms with Crippen LogP contribution in [0.1, 0.15) is 68.6 Å². The van der Waals surface area contributed by atoms with Crippen LogP contribution in [0.3, 0.4) is 0 Å². The van der Waals surface area contributed by atoms with Crippen molar-refractivity contribution in [1.82, 2.24) is 0 Å². The van der Waals surface area contributed by atoms with Gasteiger partial charge in [-0.05, 0) is 105 Å². The third-order valence-corrected chi connectivity index (χ3v) is 10.5. The summed E-state index contributed by atoms with van der Waals surface area (Å²) in [5.74, 6) is 0.733. The molecule has 6 aromatic rings. The second-order valence-electron chi connectivity index (χ2n) is 13.7. The van der Waals surface area contributed by atoms with Gasteiger partial charge < -0.3 is 4.90 Å². The number of nitrogens with zero attached hydrogens (tertiary/aromatic N) is 1.